The van der Waals surface area contributed by atoms with E-state index in [9.17, 15) is 9.59 Å². The number of morpholine rings is 1. The summed E-state index contributed by atoms with van der Waals surface area (Å²) in [7, 11) is 0. The molecule has 1 aliphatic rings. The van der Waals surface area contributed by atoms with Gasteiger partial charge in [0.05, 0.1) is 24.6 Å². The first-order valence-electron chi connectivity index (χ1n) is 8.76. The van der Waals surface area contributed by atoms with Gasteiger partial charge in [-0.1, -0.05) is 17.7 Å². The fourth-order valence-electron chi connectivity index (χ4n) is 2.97. The number of hydrogen-bond donors (Lipinski definition) is 2. The number of carbonyl (C=O) groups is 2. The number of nitrogens with zero attached hydrogens (tertiary/aromatic N) is 1. The summed E-state index contributed by atoms with van der Waals surface area (Å²) in [5, 5.41) is 6.24. The minimum Gasteiger partial charge on any atom is -0.378 e. The van der Waals surface area contributed by atoms with Gasteiger partial charge in [-0.25, -0.2) is 0 Å². The minimum absolute atomic E-state index is 0.180. The maximum absolute atomic E-state index is 12.8. The van der Waals surface area contributed by atoms with Crippen molar-refractivity contribution in [3.63, 3.8) is 0 Å². The molecular formula is C20H22ClN3O3. The number of halogens is 1. The van der Waals surface area contributed by atoms with Gasteiger partial charge in [-0.15, -0.1) is 0 Å². The highest BCUT2D eigenvalue weighted by molar-refractivity contribution is 6.31. The van der Waals surface area contributed by atoms with Gasteiger partial charge in [0, 0.05) is 36.3 Å². The average Bonchev–Trinajstić information content (AvgIpc) is 2.64. The summed E-state index contributed by atoms with van der Waals surface area (Å²) in [6, 6.07) is 10.7. The molecule has 2 aromatic carbocycles. The summed E-state index contributed by atoms with van der Waals surface area (Å²) in [5.74, 6) is -0.446. The van der Waals surface area contributed by atoms with E-state index in [0.717, 1.165) is 24.3 Å². The molecule has 2 amide bonds. The van der Waals surface area contributed by atoms with Crippen molar-refractivity contribution in [2.45, 2.75) is 13.8 Å². The molecule has 1 saturated heterocycles. The predicted octanol–water partition coefficient (Wildman–Crippen LogP) is 3.70. The molecule has 2 N–H and O–H groups in total. The van der Waals surface area contributed by atoms with E-state index in [0.29, 0.717) is 35.2 Å². The molecule has 3 rings (SSSR count). The van der Waals surface area contributed by atoms with Gasteiger partial charge < -0.3 is 20.3 Å². The lowest BCUT2D eigenvalue weighted by Gasteiger charge is -2.30. The number of carbonyl (C=O) groups excluding carboxylic acids is 2. The lowest BCUT2D eigenvalue weighted by Crippen LogP contribution is -2.36. The lowest BCUT2D eigenvalue weighted by atomic mass is 10.1. The number of benzene rings is 2. The Kier molecular flexibility index (Phi) is 5.98. The first-order valence-corrected chi connectivity index (χ1v) is 9.13. The number of aryl methyl sites for hydroxylation is 1. The number of amides is 2. The van der Waals surface area contributed by atoms with Crippen LogP contribution in [0.3, 0.4) is 0 Å². The van der Waals surface area contributed by atoms with Crippen LogP contribution in [0.15, 0.2) is 36.4 Å². The second-order valence-electron chi connectivity index (χ2n) is 6.43. The first-order chi connectivity index (χ1) is 12.9. The van der Waals surface area contributed by atoms with Gasteiger partial charge >= 0.3 is 0 Å². The van der Waals surface area contributed by atoms with Crippen LogP contribution in [0.5, 0.6) is 0 Å². The third-order valence-electron chi connectivity index (χ3n) is 4.37. The van der Waals surface area contributed by atoms with Crippen LogP contribution in [0.1, 0.15) is 22.8 Å². The fourth-order valence-corrected chi connectivity index (χ4v) is 3.14. The Labute approximate surface area is 163 Å². The van der Waals surface area contributed by atoms with E-state index in [2.05, 4.69) is 15.5 Å². The molecule has 6 nitrogen and oxygen atoms in total. The Morgan fingerprint density at radius 2 is 1.78 bits per heavy atom. The highest BCUT2D eigenvalue weighted by atomic mass is 35.5. The van der Waals surface area contributed by atoms with E-state index in [-0.39, 0.29) is 11.8 Å². The van der Waals surface area contributed by atoms with Gasteiger partial charge in [-0.05, 0) is 42.8 Å². The molecule has 1 fully saturated rings. The zero-order valence-electron chi connectivity index (χ0n) is 15.3. The summed E-state index contributed by atoms with van der Waals surface area (Å²) >= 11 is 6.15. The highest BCUT2D eigenvalue weighted by Crippen LogP contribution is 2.30. The van der Waals surface area contributed by atoms with E-state index >= 15 is 0 Å². The SMILES string of the molecule is CC(=O)Nc1cc(C(=O)Nc2cc(Cl)ccc2N2CCOCC2)ccc1C. The second kappa shape index (κ2) is 8.41. The van der Waals surface area contributed by atoms with E-state index in [1.54, 1.807) is 24.3 Å². The standard InChI is InChI=1S/C20H22ClN3O3/c1-13-3-4-15(11-17(13)22-14(2)25)20(26)23-18-12-16(21)5-6-19(18)24-7-9-27-10-8-24/h3-6,11-12H,7-10H2,1-2H3,(H,22,25)(H,23,26). The zero-order chi connectivity index (χ0) is 19.4. The maximum Gasteiger partial charge on any atom is 0.255 e. The number of ether oxygens (including phenoxy) is 1. The van der Waals surface area contributed by atoms with Crippen LogP contribution in [0.2, 0.25) is 5.02 Å². The molecule has 0 bridgehead atoms. The summed E-state index contributed by atoms with van der Waals surface area (Å²) < 4.78 is 5.40. The molecule has 0 aromatic heterocycles. The molecule has 27 heavy (non-hydrogen) atoms. The quantitative estimate of drug-likeness (QED) is 0.839. The Hall–Kier alpha value is -2.57. The molecule has 2 aromatic rings. The minimum atomic E-state index is -0.265. The van der Waals surface area contributed by atoms with E-state index in [4.69, 9.17) is 16.3 Å². The predicted molar refractivity (Wildman–Crippen MR) is 108 cm³/mol. The van der Waals surface area contributed by atoms with Crippen LogP contribution < -0.4 is 15.5 Å². The third kappa shape index (κ3) is 4.78. The zero-order valence-corrected chi connectivity index (χ0v) is 16.1. The van der Waals surface area contributed by atoms with Crippen molar-refractivity contribution < 1.29 is 14.3 Å². The summed E-state index contributed by atoms with van der Waals surface area (Å²) in [6.07, 6.45) is 0. The first kappa shape index (κ1) is 19.2. The Morgan fingerprint density at radius 3 is 2.48 bits per heavy atom. The number of nitrogens with one attached hydrogen (secondary N) is 2. The Bertz CT molecular complexity index is 864. The third-order valence-corrected chi connectivity index (χ3v) is 4.60. The van der Waals surface area contributed by atoms with E-state index in [1.165, 1.54) is 6.92 Å². The number of anilines is 3. The van der Waals surface area contributed by atoms with Crippen LogP contribution in [0.4, 0.5) is 17.1 Å². The van der Waals surface area contributed by atoms with Crippen LogP contribution in [-0.2, 0) is 9.53 Å². The van der Waals surface area contributed by atoms with Gasteiger partial charge in [0.15, 0.2) is 0 Å². The normalized spacial score (nSPS) is 14.0. The van der Waals surface area contributed by atoms with Crippen molar-refractivity contribution >= 4 is 40.5 Å². The molecule has 0 unspecified atom stereocenters. The molecule has 0 saturated carbocycles. The van der Waals surface area contributed by atoms with Crippen molar-refractivity contribution in [2.24, 2.45) is 0 Å². The molecule has 1 heterocycles. The second-order valence-corrected chi connectivity index (χ2v) is 6.86. The van der Waals surface area contributed by atoms with Crippen LogP contribution in [-0.4, -0.2) is 38.1 Å². The Balaban J connectivity index is 1.85. The molecule has 0 spiro atoms. The van der Waals surface area contributed by atoms with Crippen molar-refractivity contribution in [1.82, 2.24) is 0 Å². The van der Waals surface area contributed by atoms with Crippen LogP contribution in [0.25, 0.3) is 0 Å². The van der Waals surface area contributed by atoms with Crippen molar-refractivity contribution in [1.29, 1.82) is 0 Å². The fraction of sp³-hybridized carbons (Fsp3) is 0.300. The maximum atomic E-state index is 12.8. The molecule has 0 radical (unpaired) electrons. The largest absolute Gasteiger partial charge is 0.378 e. The van der Waals surface area contributed by atoms with Crippen molar-refractivity contribution in [3.8, 4) is 0 Å². The number of hydrogen-bond acceptors (Lipinski definition) is 4. The number of rotatable bonds is 4. The molecular weight excluding hydrogens is 366 g/mol. The molecule has 0 aliphatic carbocycles. The molecule has 142 valence electrons. The summed E-state index contributed by atoms with van der Waals surface area (Å²) in [4.78, 5) is 26.3. The van der Waals surface area contributed by atoms with Crippen LogP contribution >= 0.6 is 11.6 Å². The van der Waals surface area contributed by atoms with Gasteiger partial charge in [0.1, 0.15) is 0 Å². The molecule has 7 heteroatoms. The summed E-state index contributed by atoms with van der Waals surface area (Å²) in [6.45, 7) is 6.11. The summed E-state index contributed by atoms with van der Waals surface area (Å²) in [5.41, 5.74) is 3.52. The van der Waals surface area contributed by atoms with Gasteiger partial charge in [0.2, 0.25) is 5.91 Å². The van der Waals surface area contributed by atoms with Gasteiger partial charge in [0.25, 0.3) is 5.91 Å². The van der Waals surface area contributed by atoms with Gasteiger partial charge in [-0.2, -0.15) is 0 Å². The Morgan fingerprint density at radius 1 is 1.04 bits per heavy atom. The van der Waals surface area contributed by atoms with Gasteiger partial charge in [-0.3, -0.25) is 9.59 Å². The molecule has 0 atom stereocenters. The van der Waals surface area contributed by atoms with Crippen molar-refractivity contribution in [3.05, 3.63) is 52.5 Å². The van der Waals surface area contributed by atoms with Crippen molar-refractivity contribution in [2.75, 3.05) is 41.8 Å². The average molecular weight is 388 g/mol. The highest BCUT2D eigenvalue weighted by Gasteiger charge is 2.17. The molecule has 1 aliphatic heterocycles. The smallest absolute Gasteiger partial charge is 0.255 e. The van der Waals surface area contributed by atoms with E-state index < -0.39 is 0 Å². The lowest BCUT2D eigenvalue weighted by molar-refractivity contribution is -0.114. The van der Waals surface area contributed by atoms with Crippen LogP contribution in [0, 0.1) is 6.92 Å². The van der Waals surface area contributed by atoms with E-state index in [1.807, 2.05) is 19.1 Å². The monoisotopic (exact) mass is 387 g/mol. The topological polar surface area (TPSA) is 70.7 Å².